The molecular formula is C17H24ClF3N2O. The minimum Gasteiger partial charge on any atom is -0.343 e. The first-order valence-electron chi connectivity index (χ1n) is 7.92. The Hall–Kier alpha value is -1.27. The number of piperidine rings is 1. The van der Waals surface area contributed by atoms with Crippen LogP contribution in [0, 0.1) is 0 Å². The molecule has 1 heterocycles. The number of alkyl halides is 3. The largest absolute Gasteiger partial charge is 0.416 e. The van der Waals surface area contributed by atoms with Crippen molar-refractivity contribution in [3.05, 3.63) is 35.4 Å². The third-order valence-corrected chi connectivity index (χ3v) is 4.54. The molecule has 0 radical (unpaired) electrons. The molecule has 0 saturated carbocycles. The molecule has 2 rings (SSSR count). The van der Waals surface area contributed by atoms with E-state index in [0.29, 0.717) is 6.42 Å². The zero-order valence-corrected chi connectivity index (χ0v) is 14.7. The lowest BCUT2D eigenvalue weighted by molar-refractivity contribution is -0.137. The van der Waals surface area contributed by atoms with E-state index in [9.17, 15) is 18.0 Å². The normalized spacial score (nSPS) is 17.0. The number of hydrogen-bond acceptors (Lipinski definition) is 2. The molecule has 0 aromatic heterocycles. The number of benzene rings is 1. The van der Waals surface area contributed by atoms with Crippen LogP contribution in [0.1, 0.15) is 43.2 Å². The summed E-state index contributed by atoms with van der Waals surface area (Å²) >= 11 is 0. The average molecular weight is 365 g/mol. The summed E-state index contributed by atoms with van der Waals surface area (Å²) in [5, 5.41) is 3.26. The summed E-state index contributed by atoms with van der Waals surface area (Å²) in [7, 11) is 1.82. The van der Waals surface area contributed by atoms with Gasteiger partial charge in [-0.2, -0.15) is 13.2 Å². The van der Waals surface area contributed by atoms with E-state index in [1.54, 1.807) is 4.90 Å². The van der Waals surface area contributed by atoms with E-state index in [1.807, 2.05) is 14.0 Å². The molecule has 3 nitrogen and oxygen atoms in total. The van der Waals surface area contributed by atoms with Crippen LogP contribution in [0.15, 0.2) is 24.3 Å². The van der Waals surface area contributed by atoms with Crippen LogP contribution in [0.25, 0.3) is 0 Å². The number of carbonyl (C=O) groups excluding carboxylic acids is 1. The monoisotopic (exact) mass is 364 g/mol. The predicted molar refractivity (Wildman–Crippen MR) is 90.4 cm³/mol. The number of rotatable bonds is 4. The highest BCUT2D eigenvalue weighted by Crippen LogP contribution is 2.30. The molecule has 136 valence electrons. The summed E-state index contributed by atoms with van der Waals surface area (Å²) in [6.45, 7) is 3.70. The van der Waals surface area contributed by atoms with Gasteiger partial charge in [0.25, 0.3) is 0 Å². The van der Waals surface area contributed by atoms with Gasteiger partial charge in [-0.3, -0.25) is 4.79 Å². The van der Waals surface area contributed by atoms with Crippen LogP contribution < -0.4 is 5.32 Å². The lowest BCUT2D eigenvalue weighted by Crippen LogP contribution is -2.44. The summed E-state index contributed by atoms with van der Waals surface area (Å²) in [6.07, 6.45) is -2.13. The number of carbonyl (C=O) groups is 1. The number of amides is 1. The van der Waals surface area contributed by atoms with Gasteiger partial charge in [-0.15, -0.1) is 12.4 Å². The van der Waals surface area contributed by atoms with Crippen molar-refractivity contribution in [3.63, 3.8) is 0 Å². The summed E-state index contributed by atoms with van der Waals surface area (Å²) in [5.74, 6) is -0.0572. The van der Waals surface area contributed by atoms with Gasteiger partial charge in [0.15, 0.2) is 0 Å². The second kappa shape index (κ2) is 8.72. The quantitative estimate of drug-likeness (QED) is 0.880. The van der Waals surface area contributed by atoms with Crippen LogP contribution in [0.4, 0.5) is 13.2 Å². The number of nitrogens with zero attached hydrogens (tertiary/aromatic N) is 1. The number of nitrogens with one attached hydrogen (secondary N) is 1. The minimum atomic E-state index is -4.33. The van der Waals surface area contributed by atoms with Crippen molar-refractivity contribution in [3.8, 4) is 0 Å². The number of hydrogen-bond donors (Lipinski definition) is 1. The molecule has 1 amide bonds. The topological polar surface area (TPSA) is 32.3 Å². The van der Waals surface area contributed by atoms with E-state index in [2.05, 4.69) is 5.32 Å². The third-order valence-electron chi connectivity index (χ3n) is 4.54. The molecule has 1 unspecified atom stereocenters. The maximum atomic E-state index is 12.6. The maximum absolute atomic E-state index is 12.6. The molecular weight excluding hydrogens is 341 g/mol. The Morgan fingerprint density at radius 2 is 1.79 bits per heavy atom. The molecule has 1 aromatic carbocycles. The molecule has 1 aliphatic rings. The molecule has 1 atom stereocenters. The lowest BCUT2D eigenvalue weighted by atomic mass is 9.95. The average Bonchev–Trinajstić information content (AvgIpc) is 2.54. The Balaban J connectivity index is 0.00000288. The van der Waals surface area contributed by atoms with E-state index < -0.39 is 11.7 Å². The van der Waals surface area contributed by atoms with Crippen LogP contribution in [-0.4, -0.2) is 37.0 Å². The summed E-state index contributed by atoms with van der Waals surface area (Å²) < 4.78 is 37.7. The van der Waals surface area contributed by atoms with Crippen molar-refractivity contribution in [1.29, 1.82) is 0 Å². The van der Waals surface area contributed by atoms with Crippen LogP contribution in [0.2, 0.25) is 0 Å². The second-order valence-electron chi connectivity index (χ2n) is 6.21. The van der Waals surface area contributed by atoms with Gasteiger partial charge in [-0.25, -0.2) is 0 Å². The van der Waals surface area contributed by atoms with Crippen LogP contribution in [0.5, 0.6) is 0 Å². The molecule has 1 N–H and O–H groups in total. The van der Waals surface area contributed by atoms with E-state index in [1.165, 1.54) is 12.1 Å². The van der Waals surface area contributed by atoms with Crippen molar-refractivity contribution >= 4 is 18.3 Å². The summed E-state index contributed by atoms with van der Waals surface area (Å²) in [4.78, 5) is 14.2. The highest BCUT2D eigenvalue weighted by atomic mass is 35.5. The Labute approximate surface area is 147 Å². The fourth-order valence-corrected chi connectivity index (χ4v) is 2.92. The molecule has 24 heavy (non-hydrogen) atoms. The highest BCUT2D eigenvalue weighted by molar-refractivity contribution is 5.85. The maximum Gasteiger partial charge on any atom is 0.416 e. The molecule has 0 bridgehead atoms. The zero-order chi connectivity index (χ0) is 17.0. The van der Waals surface area contributed by atoms with Gasteiger partial charge in [0.1, 0.15) is 0 Å². The highest BCUT2D eigenvalue weighted by Gasteiger charge is 2.30. The first kappa shape index (κ1) is 20.8. The van der Waals surface area contributed by atoms with Crippen molar-refractivity contribution in [1.82, 2.24) is 10.2 Å². The van der Waals surface area contributed by atoms with Gasteiger partial charge in [0.2, 0.25) is 5.91 Å². The van der Waals surface area contributed by atoms with Crippen LogP contribution >= 0.6 is 12.4 Å². The number of halogens is 4. The molecule has 0 spiro atoms. The van der Waals surface area contributed by atoms with E-state index in [0.717, 1.165) is 43.6 Å². The van der Waals surface area contributed by atoms with Gasteiger partial charge in [-0.1, -0.05) is 19.1 Å². The van der Waals surface area contributed by atoms with Crippen molar-refractivity contribution in [2.45, 2.75) is 44.3 Å². The Kier molecular flexibility index (Phi) is 7.55. The second-order valence-corrected chi connectivity index (χ2v) is 6.21. The van der Waals surface area contributed by atoms with Gasteiger partial charge in [-0.05, 0) is 49.5 Å². The SMILES string of the molecule is CC(CC(=O)N(C)C1CCNCC1)c1ccc(C(F)(F)F)cc1.Cl. The van der Waals surface area contributed by atoms with Crippen molar-refractivity contribution < 1.29 is 18.0 Å². The van der Waals surface area contributed by atoms with Gasteiger partial charge >= 0.3 is 6.18 Å². The fourth-order valence-electron chi connectivity index (χ4n) is 2.92. The molecule has 0 aliphatic carbocycles. The molecule has 7 heteroatoms. The minimum absolute atomic E-state index is 0. The van der Waals surface area contributed by atoms with Gasteiger partial charge in [0, 0.05) is 19.5 Å². The van der Waals surface area contributed by atoms with Crippen molar-refractivity contribution in [2.24, 2.45) is 0 Å². The van der Waals surface area contributed by atoms with E-state index in [-0.39, 0.29) is 30.3 Å². The van der Waals surface area contributed by atoms with Crippen molar-refractivity contribution in [2.75, 3.05) is 20.1 Å². The lowest BCUT2D eigenvalue weighted by Gasteiger charge is -2.32. The first-order valence-corrected chi connectivity index (χ1v) is 7.92. The van der Waals surface area contributed by atoms with Crippen LogP contribution in [-0.2, 0) is 11.0 Å². The predicted octanol–water partition coefficient (Wildman–Crippen LogP) is 3.83. The zero-order valence-electron chi connectivity index (χ0n) is 13.9. The smallest absolute Gasteiger partial charge is 0.343 e. The molecule has 1 aromatic rings. The van der Waals surface area contributed by atoms with Crippen LogP contribution in [0.3, 0.4) is 0 Å². The standard InChI is InChI=1S/C17H23F3N2O.ClH/c1-12(13-3-5-14(6-4-13)17(18,19)20)11-16(23)22(2)15-7-9-21-10-8-15;/h3-6,12,15,21H,7-11H2,1-2H3;1H. The Bertz CT molecular complexity index is 528. The summed E-state index contributed by atoms with van der Waals surface area (Å²) in [6, 6.07) is 5.33. The third kappa shape index (κ3) is 5.38. The first-order chi connectivity index (χ1) is 10.8. The molecule has 1 fully saturated rings. The van der Waals surface area contributed by atoms with Gasteiger partial charge in [0.05, 0.1) is 5.56 Å². The Morgan fingerprint density at radius 1 is 1.25 bits per heavy atom. The van der Waals surface area contributed by atoms with E-state index in [4.69, 9.17) is 0 Å². The Morgan fingerprint density at radius 3 is 2.29 bits per heavy atom. The molecule has 1 saturated heterocycles. The molecule has 1 aliphatic heterocycles. The summed E-state index contributed by atoms with van der Waals surface area (Å²) in [5.41, 5.74) is 0.0941. The van der Waals surface area contributed by atoms with E-state index >= 15 is 0 Å². The van der Waals surface area contributed by atoms with Gasteiger partial charge < -0.3 is 10.2 Å². The fraction of sp³-hybridized carbons (Fsp3) is 0.588.